The average Bonchev–Trinajstić information content (AvgIpc) is 2.58. The van der Waals surface area contributed by atoms with E-state index < -0.39 is 46.5 Å². The Morgan fingerprint density at radius 1 is 0.929 bits per heavy atom. The molecule has 0 aliphatic rings. The Hall–Kier alpha value is -2.31. The van der Waals surface area contributed by atoms with Crippen molar-refractivity contribution in [3.8, 4) is 5.75 Å². The number of aliphatic hydroxyl groups is 1. The lowest BCUT2D eigenvalue weighted by Crippen LogP contribution is -2.28. The topological polar surface area (TPSA) is 75.6 Å². The van der Waals surface area contributed by atoms with Gasteiger partial charge in [-0.05, 0) is 42.0 Å². The molecule has 2 N–H and O–H groups in total. The van der Waals surface area contributed by atoms with Gasteiger partial charge in [-0.25, -0.2) is 13.1 Å². The van der Waals surface area contributed by atoms with Gasteiger partial charge in [-0.15, -0.1) is 13.2 Å². The van der Waals surface area contributed by atoms with E-state index in [2.05, 4.69) is 4.74 Å². The zero-order valence-electron chi connectivity index (χ0n) is 13.8. The van der Waals surface area contributed by atoms with Crippen LogP contribution in [0, 0.1) is 0 Å². The minimum absolute atomic E-state index is 0.0459. The van der Waals surface area contributed by atoms with Gasteiger partial charge < -0.3 is 9.84 Å². The molecule has 0 saturated heterocycles. The SMILES string of the molecule is O=S(=O)(NC[C@H](O)c1ccc(C(F)(F)F)cc1)c1ccc(OC(F)(F)F)cc1. The molecule has 0 aromatic heterocycles. The van der Waals surface area contributed by atoms with E-state index in [-0.39, 0.29) is 10.5 Å². The van der Waals surface area contributed by atoms with Gasteiger partial charge in [-0.2, -0.15) is 13.2 Å². The highest BCUT2D eigenvalue weighted by atomic mass is 32.2. The van der Waals surface area contributed by atoms with Crippen molar-refractivity contribution in [2.75, 3.05) is 6.54 Å². The quantitative estimate of drug-likeness (QED) is 0.688. The van der Waals surface area contributed by atoms with Crippen LogP contribution in [0.15, 0.2) is 53.4 Å². The molecule has 0 radical (unpaired) electrons. The molecule has 0 fully saturated rings. The van der Waals surface area contributed by atoms with Crippen LogP contribution in [0.4, 0.5) is 26.3 Å². The second-order valence-corrected chi connectivity index (χ2v) is 7.27. The molecule has 2 aromatic rings. The van der Waals surface area contributed by atoms with Gasteiger partial charge in [-0.3, -0.25) is 0 Å². The van der Waals surface area contributed by atoms with E-state index >= 15 is 0 Å². The molecule has 0 unspecified atom stereocenters. The van der Waals surface area contributed by atoms with Gasteiger partial charge in [0.2, 0.25) is 10.0 Å². The van der Waals surface area contributed by atoms with Crippen LogP contribution in [0.3, 0.4) is 0 Å². The van der Waals surface area contributed by atoms with Crippen molar-refractivity contribution >= 4 is 10.0 Å². The maximum absolute atomic E-state index is 12.5. The van der Waals surface area contributed by atoms with Crippen molar-refractivity contribution in [3.05, 3.63) is 59.7 Å². The maximum atomic E-state index is 12.5. The summed E-state index contributed by atoms with van der Waals surface area (Å²) in [5.41, 5.74) is -0.880. The van der Waals surface area contributed by atoms with Crippen LogP contribution in [0.25, 0.3) is 0 Å². The second-order valence-electron chi connectivity index (χ2n) is 5.51. The van der Waals surface area contributed by atoms with Crippen molar-refractivity contribution in [2.24, 2.45) is 0 Å². The van der Waals surface area contributed by atoms with Gasteiger partial charge in [0.25, 0.3) is 0 Å². The Labute approximate surface area is 155 Å². The number of sulfonamides is 1. The fraction of sp³-hybridized carbons (Fsp3) is 0.250. The van der Waals surface area contributed by atoms with E-state index in [1.165, 1.54) is 0 Å². The fourth-order valence-electron chi connectivity index (χ4n) is 2.10. The largest absolute Gasteiger partial charge is 0.573 e. The Balaban J connectivity index is 2.02. The summed E-state index contributed by atoms with van der Waals surface area (Å²) in [5, 5.41) is 9.94. The van der Waals surface area contributed by atoms with Crippen LogP contribution in [0.1, 0.15) is 17.2 Å². The molecule has 12 heteroatoms. The van der Waals surface area contributed by atoms with E-state index in [1.54, 1.807) is 0 Å². The molecule has 0 aliphatic heterocycles. The van der Waals surface area contributed by atoms with Gasteiger partial charge in [0.05, 0.1) is 16.6 Å². The van der Waals surface area contributed by atoms with E-state index in [1.807, 2.05) is 4.72 Å². The van der Waals surface area contributed by atoms with E-state index in [0.717, 1.165) is 48.5 Å². The number of rotatable bonds is 6. The monoisotopic (exact) mass is 429 g/mol. The highest BCUT2D eigenvalue weighted by Gasteiger charge is 2.31. The first-order chi connectivity index (χ1) is 12.8. The van der Waals surface area contributed by atoms with Crippen LogP contribution in [0.5, 0.6) is 5.75 Å². The van der Waals surface area contributed by atoms with Gasteiger partial charge in [0, 0.05) is 6.54 Å². The van der Waals surface area contributed by atoms with Crippen molar-refractivity contribution in [1.82, 2.24) is 4.72 Å². The summed E-state index contributed by atoms with van der Waals surface area (Å²) in [7, 11) is -4.18. The van der Waals surface area contributed by atoms with E-state index in [0.29, 0.717) is 0 Å². The van der Waals surface area contributed by atoms with E-state index in [9.17, 15) is 39.9 Å². The summed E-state index contributed by atoms with van der Waals surface area (Å²) in [6.45, 7) is -0.561. The molecule has 28 heavy (non-hydrogen) atoms. The first-order valence-electron chi connectivity index (χ1n) is 7.49. The molecule has 0 aliphatic carbocycles. The number of nitrogens with one attached hydrogen (secondary N) is 1. The molecule has 154 valence electrons. The fourth-order valence-corrected chi connectivity index (χ4v) is 3.14. The molecule has 0 amide bonds. The Bertz CT molecular complexity index is 893. The van der Waals surface area contributed by atoms with Crippen LogP contribution in [-0.4, -0.2) is 26.4 Å². The van der Waals surface area contributed by atoms with E-state index in [4.69, 9.17) is 0 Å². The molecular formula is C16H13F6NO4S. The third kappa shape index (κ3) is 6.11. The molecule has 0 spiro atoms. The second kappa shape index (κ2) is 7.97. The van der Waals surface area contributed by atoms with Gasteiger partial charge in [0.1, 0.15) is 5.75 Å². The third-order valence-electron chi connectivity index (χ3n) is 3.46. The minimum atomic E-state index is -4.93. The Kier molecular flexibility index (Phi) is 6.26. The zero-order valence-corrected chi connectivity index (χ0v) is 14.6. The number of aliphatic hydroxyl groups excluding tert-OH is 1. The number of hydrogen-bond donors (Lipinski definition) is 2. The average molecular weight is 429 g/mol. The molecule has 0 bridgehead atoms. The number of alkyl halides is 6. The van der Waals surface area contributed by atoms with Gasteiger partial charge >= 0.3 is 12.5 Å². The maximum Gasteiger partial charge on any atom is 0.573 e. The molecule has 2 aromatic carbocycles. The smallest absolute Gasteiger partial charge is 0.406 e. The van der Waals surface area contributed by atoms with Gasteiger partial charge in [-0.1, -0.05) is 12.1 Å². The van der Waals surface area contributed by atoms with Crippen LogP contribution < -0.4 is 9.46 Å². The normalized spacial score (nSPS) is 14.0. The lowest BCUT2D eigenvalue weighted by Gasteiger charge is -2.14. The van der Waals surface area contributed by atoms with Crippen LogP contribution >= 0.6 is 0 Å². The highest BCUT2D eigenvalue weighted by Crippen LogP contribution is 2.30. The zero-order chi connectivity index (χ0) is 21.2. The van der Waals surface area contributed by atoms with Crippen LogP contribution in [0.2, 0.25) is 0 Å². The Morgan fingerprint density at radius 3 is 1.93 bits per heavy atom. The standard InChI is InChI=1S/C16H13F6NO4S/c17-15(18,19)11-3-1-10(2-4-11)14(24)9-23-28(25,26)13-7-5-12(6-8-13)27-16(20,21)22/h1-8,14,23-24H,9H2/t14-/m0/s1. The molecule has 1 atom stereocenters. The molecule has 2 rings (SSSR count). The molecule has 0 heterocycles. The summed E-state index contributed by atoms with van der Waals surface area (Å²) in [5.74, 6) is -0.615. The molecule has 0 saturated carbocycles. The van der Waals surface area contributed by atoms with Gasteiger partial charge in [0.15, 0.2) is 0 Å². The highest BCUT2D eigenvalue weighted by molar-refractivity contribution is 7.89. The Morgan fingerprint density at radius 2 is 1.46 bits per heavy atom. The van der Waals surface area contributed by atoms with Crippen molar-refractivity contribution in [3.63, 3.8) is 0 Å². The van der Waals surface area contributed by atoms with Crippen molar-refractivity contribution < 1.29 is 44.6 Å². The third-order valence-corrected chi connectivity index (χ3v) is 4.90. The summed E-state index contributed by atoms with van der Waals surface area (Å²) < 4.78 is 104. The lowest BCUT2D eigenvalue weighted by atomic mass is 10.1. The first kappa shape index (κ1) is 22.0. The summed E-state index contributed by atoms with van der Waals surface area (Å²) >= 11 is 0. The van der Waals surface area contributed by atoms with Crippen molar-refractivity contribution in [2.45, 2.75) is 23.5 Å². The first-order valence-corrected chi connectivity index (χ1v) is 8.97. The molecule has 5 nitrogen and oxygen atoms in total. The predicted octanol–water partition coefficient (Wildman–Crippen LogP) is 3.62. The van der Waals surface area contributed by atoms with Crippen LogP contribution in [-0.2, 0) is 16.2 Å². The number of hydrogen-bond acceptors (Lipinski definition) is 4. The summed E-state index contributed by atoms with van der Waals surface area (Å²) in [6, 6.07) is 6.83. The summed E-state index contributed by atoms with van der Waals surface area (Å²) in [6.07, 6.45) is -10.9. The van der Waals surface area contributed by atoms with Crippen molar-refractivity contribution in [1.29, 1.82) is 0 Å². The minimum Gasteiger partial charge on any atom is -0.406 e. The number of benzene rings is 2. The number of ether oxygens (including phenoxy) is 1. The predicted molar refractivity (Wildman–Crippen MR) is 84.7 cm³/mol. The number of halogens is 6. The summed E-state index contributed by atoms with van der Waals surface area (Å²) in [4.78, 5) is -0.387. The molecular weight excluding hydrogens is 416 g/mol. The lowest BCUT2D eigenvalue weighted by molar-refractivity contribution is -0.274.